The van der Waals surface area contributed by atoms with Gasteiger partial charge in [-0.15, -0.1) is 0 Å². The van der Waals surface area contributed by atoms with Crippen LogP contribution in [0.5, 0.6) is 0 Å². The van der Waals surface area contributed by atoms with Crippen molar-refractivity contribution in [2.24, 2.45) is 4.99 Å². The van der Waals surface area contributed by atoms with Crippen molar-refractivity contribution in [1.82, 2.24) is 4.90 Å². The minimum Gasteiger partial charge on any atom is -0.372 e. The van der Waals surface area contributed by atoms with Gasteiger partial charge in [-0.2, -0.15) is 0 Å². The number of allylic oxidation sites excluding steroid dienone is 2. The fourth-order valence-corrected chi connectivity index (χ4v) is 4.80. The Kier molecular flexibility index (Phi) is 7.12. The Morgan fingerprint density at radius 2 is 1.82 bits per heavy atom. The zero-order valence-electron chi connectivity index (χ0n) is 20.4. The monoisotopic (exact) mass is 441 g/mol. The minimum absolute atomic E-state index is 0.0362. The molecule has 0 saturated carbocycles. The van der Waals surface area contributed by atoms with Gasteiger partial charge >= 0.3 is 0 Å². The summed E-state index contributed by atoms with van der Waals surface area (Å²) in [6.07, 6.45) is 8.86. The normalized spacial score (nSPS) is 15.6. The first-order valence-electron chi connectivity index (χ1n) is 12.2. The van der Waals surface area contributed by atoms with Gasteiger partial charge in [0.15, 0.2) is 0 Å². The van der Waals surface area contributed by atoms with Crippen LogP contribution in [0.4, 0.5) is 5.69 Å². The number of nitrogens with zero attached hydrogens (tertiary/aromatic N) is 3. The third-order valence-corrected chi connectivity index (χ3v) is 6.65. The Morgan fingerprint density at radius 3 is 2.55 bits per heavy atom. The van der Waals surface area contributed by atoms with Crippen LogP contribution in [0.3, 0.4) is 0 Å². The highest BCUT2D eigenvalue weighted by Gasteiger charge is 2.26. The summed E-state index contributed by atoms with van der Waals surface area (Å²) in [7, 11) is 1.85. The molecule has 0 fully saturated rings. The molecule has 2 aromatic rings. The largest absolute Gasteiger partial charge is 0.372 e. The molecule has 0 aliphatic carbocycles. The fraction of sp³-hybridized carbons (Fsp3) is 0.379. The third-order valence-electron chi connectivity index (χ3n) is 6.65. The van der Waals surface area contributed by atoms with E-state index in [-0.39, 0.29) is 5.91 Å². The summed E-state index contributed by atoms with van der Waals surface area (Å²) < 4.78 is 0. The quantitative estimate of drug-likeness (QED) is 0.520. The van der Waals surface area contributed by atoms with Crippen molar-refractivity contribution in [2.75, 3.05) is 25.0 Å². The predicted molar refractivity (Wildman–Crippen MR) is 138 cm³/mol. The molecule has 33 heavy (non-hydrogen) atoms. The maximum Gasteiger partial charge on any atom is 0.258 e. The van der Waals surface area contributed by atoms with Gasteiger partial charge in [-0.05, 0) is 60.2 Å². The number of carbonyl (C=O) groups excluding carboxylic acids is 1. The van der Waals surface area contributed by atoms with Crippen molar-refractivity contribution in [1.29, 1.82) is 0 Å². The minimum atomic E-state index is 0.0362. The molecule has 4 rings (SSSR count). The van der Waals surface area contributed by atoms with Crippen molar-refractivity contribution in [3.8, 4) is 0 Å². The summed E-state index contributed by atoms with van der Waals surface area (Å²) in [6, 6.07) is 14.8. The average molecular weight is 442 g/mol. The number of rotatable bonds is 7. The van der Waals surface area contributed by atoms with Crippen molar-refractivity contribution >= 4 is 17.3 Å². The van der Waals surface area contributed by atoms with Crippen LogP contribution in [0.2, 0.25) is 0 Å². The van der Waals surface area contributed by atoms with Gasteiger partial charge in [-0.3, -0.25) is 9.79 Å². The van der Waals surface area contributed by atoms with E-state index in [0.29, 0.717) is 0 Å². The molecule has 0 unspecified atom stereocenters. The number of hydrogen-bond acceptors (Lipinski definition) is 3. The van der Waals surface area contributed by atoms with Gasteiger partial charge in [-0.1, -0.05) is 44.2 Å². The average Bonchev–Trinajstić information content (AvgIpc) is 3.06. The van der Waals surface area contributed by atoms with Crippen LogP contribution in [0.1, 0.15) is 60.2 Å². The fourth-order valence-electron chi connectivity index (χ4n) is 4.80. The molecular formula is C29H35N3O. The molecule has 4 heteroatoms. The Bertz CT molecular complexity index is 1120. The van der Waals surface area contributed by atoms with Crippen LogP contribution in [0.25, 0.3) is 0 Å². The van der Waals surface area contributed by atoms with E-state index in [1.807, 2.05) is 31.4 Å². The Hall–Kier alpha value is -3.14. The van der Waals surface area contributed by atoms with E-state index in [4.69, 9.17) is 4.99 Å². The topological polar surface area (TPSA) is 35.9 Å². The second-order valence-corrected chi connectivity index (χ2v) is 9.12. The SMILES string of the molecule is CCCN(CCC)c1ccc(CC2=NC=C3C(=CC2)Cc2ccccc2C(=O)N3C)c(C)c1. The third kappa shape index (κ3) is 4.95. The zero-order valence-corrected chi connectivity index (χ0v) is 20.4. The molecule has 2 aliphatic rings. The maximum absolute atomic E-state index is 13.0. The van der Waals surface area contributed by atoms with Crippen LogP contribution in [-0.4, -0.2) is 36.7 Å². The molecule has 2 aliphatic heterocycles. The molecule has 0 spiro atoms. The molecule has 0 bridgehead atoms. The van der Waals surface area contributed by atoms with Crippen LogP contribution in [-0.2, 0) is 12.8 Å². The van der Waals surface area contributed by atoms with Crippen molar-refractivity contribution < 1.29 is 4.79 Å². The van der Waals surface area contributed by atoms with Crippen molar-refractivity contribution in [3.05, 3.63) is 88.3 Å². The number of amides is 1. The first-order valence-corrected chi connectivity index (χ1v) is 12.2. The van der Waals surface area contributed by atoms with E-state index in [9.17, 15) is 4.79 Å². The van der Waals surface area contributed by atoms with Gasteiger partial charge in [0, 0.05) is 56.4 Å². The highest BCUT2D eigenvalue weighted by molar-refractivity contribution is 5.98. The predicted octanol–water partition coefficient (Wildman–Crippen LogP) is 6.10. The van der Waals surface area contributed by atoms with Crippen LogP contribution in [0, 0.1) is 6.92 Å². The lowest BCUT2D eigenvalue weighted by Gasteiger charge is -2.24. The summed E-state index contributed by atoms with van der Waals surface area (Å²) in [5.41, 5.74) is 9.04. The zero-order chi connectivity index (χ0) is 23.4. The maximum atomic E-state index is 13.0. The lowest BCUT2D eigenvalue weighted by Crippen LogP contribution is -2.25. The standard InChI is InChI=1S/C29H35N3O/c1-5-15-32(16-6-2)26-14-12-22(21(3)17-26)19-25-13-11-24-18-23-9-7-8-10-27(23)29(33)31(4)28(24)20-30-25/h7-12,14,17,20H,5-6,13,15-16,18-19H2,1-4H3. The Labute approximate surface area is 198 Å². The molecule has 2 aromatic carbocycles. The number of benzene rings is 2. The first kappa shape index (κ1) is 23.0. The van der Waals surface area contributed by atoms with Crippen molar-refractivity contribution in [2.45, 2.75) is 52.9 Å². The first-order chi connectivity index (χ1) is 16.0. The number of hydrogen-bond donors (Lipinski definition) is 0. The van der Waals surface area contributed by atoms with Crippen LogP contribution >= 0.6 is 0 Å². The number of carbonyl (C=O) groups is 1. The molecule has 2 heterocycles. The molecule has 0 N–H and O–H groups in total. The second-order valence-electron chi connectivity index (χ2n) is 9.12. The number of aliphatic imine (C=N–C) groups is 1. The summed E-state index contributed by atoms with van der Waals surface area (Å²) in [4.78, 5) is 22.1. The molecule has 0 saturated heterocycles. The van der Waals surface area contributed by atoms with Gasteiger partial charge in [0.2, 0.25) is 0 Å². The molecule has 1 amide bonds. The molecule has 172 valence electrons. The van der Waals surface area contributed by atoms with Gasteiger partial charge in [0.1, 0.15) is 0 Å². The van der Waals surface area contributed by atoms with E-state index in [2.05, 4.69) is 56.0 Å². The summed E-state index contributed by atoms with van der Waals surface area (Å²) in [6.45, 7) is 8.86. The van der Waals surface area contributed by atoms with Crippen molar-refractivity contribution in [3.63, 3.8) is 0 Å². The van der Waals surface area contributed by atoms with Gasteiger partial charge < -0.3 is 9.80 Å². The van der Waals surface area contributed by atoms with E-state index in [1.165, 1.54) is 22.4 Å². The highest BCUT2D eigenvalue weighted by Crippen LogP contribution is 2.30. The summed E-state index contributed by atoms with van der Waals surface area (Å²) >= 11 is 0. The molecule has 4 nitrogen and oxygen atoms in total. The van der Waals surface area contributed by atoms with E-state index < -0.39 is 0 Å². The van der Waals surface area contributed by atoms with E-state index in [0.717, 1.165) is 67.7 Å². The van der Waals surface area contributed by atoms with Gasteiger partial charge in [0.25, 0.3) is 5.91 Å². The Balaban J connectivity index is 1.56. The number of likely N-dealkylation sites (N-methyl/N-ethyl adjacent to an activating group) is 1. The lowest BCUT2D eigenvalue weighted by molar-refractivity contribution is 0.0840. The molecule has 0 radical (unpaired) electrons. The summed E-state index contributed by atoms with van der Waals surface area (Å²) in [5.74, 6) is 0.0362. The summed E-state index contributed by atoms with van der Waals surface area (Å²) in [5, 5.41) is 0. The number of fused-ring (bicyclic) bond motifs is 2. The van der Waals surface area contributed by atoms with Gasteiger partial charge in [0.05, 0.1) is 11.9 Å². The number of aryl methyl sites for hydroxylation is 1. The molecule has 0 aromatic heterocycles. The van der Waals surface area contributed by atoms with Gasteiger partial charge in [-0.25, -0.2) is 0 Å². The lowest BCUT2D eigenvalue weighted by atomic mass is 9.97. The van der Waals surface area contributed by atoms with Crippen LogP contribution in [0.15, 0.2) is 71.0 Å². The number of anilines is 1. The van der Waals surface area contributed by atoms with E-state index >= 15 is 0 Å². The van der Waals surface area contributed by atoms with Crippen LogP contribution < -0.4 is 4.90 Å². The Morgan fingerprint density at radius 1 is 1.06 bits per heavy atom. The highest BCUT2D eigenvalue weighted by atomic mass is 16.2. The molecular weight excluding hydrogens is 406 g/mol. The second kappa shape index (κ2) is 10.2. The van der Waals surface area contributed by atoms with E-state index in [1.54, 1.807) is 4.90 Å². The molecule has 0 atom stereocenters. The smallest absolute Gasteiger partial charge is 0.258 e.